The van der Waals surface area contributed by atoms with Crippen molar-refractivity contribution in [1.29, 1.82) is 0 Å². The number of rotatable bonds is 2. The Hall–Kier alpha value is -1.68. The zero-order valence-electron chi connectivity index (χ0n) is 9.06. The molecule has 0 amide bonds. The summed E-state index contributed by atoms with van der Waals surface area (Å²) in [6.45, 7) is 1.64. The van der Waals surface area contributed by atoms with Crippen LogP contribution >= 0.6 is 0 Å². The standard InChI is InChI=1S/C12H14N4/c13-4-1-12-15-8-11-10-2-5-14-7-9(10)3-6-16(11)12/h2,5,7-8H,1,3-4,6,13H2. The second kappa shape index (κ2) is 3.72. The predicted octanol–water partition coefficient (Wildman–Crippen LogP) is 1.00. The third-order valence-corrected chi connectivity index (χ3v) is 3.09. The summed E-state index contributed by atoms with van der Waals surface area (Å²) in [6.07, 6.45) is 7.62. The van der Waals surface area contributed by atoms with Crippen LogP contribution in [0.25, 0.3) is 11.3 Å². The molecule has 2 N–H and O–H groups in total. The normalized spacial score (nSPS) is 13.3. The fourth-order valence-electron chi connectivity index (χ4n) is 2.32. The van der Waals surface area contributed by atoms with E-state index >= 15 is 0 Å². The second-order valence-electron chi connectivity index (χ2n) is 4.03. The van der Waals surface area contributed by atoms with Gasteiger partial charge >= 0.3 is 0 Å². The maximum Gasteiger partial charge on any atom is 0.110 e. The summed E-state index contributed by atoms with van der Waals surface area (Å²) in [5.41, 5.74) is 9.36. The number of nitrogens with zero attached hydrogens (tertiary/aromatic N) is 3. The number of hydrogen-bond donors (Lipinski definition) is 1. The highest BCUT2D eigenvalue weighted by molar-refractivity contribution is 5.64. The number of nitrogens with two attached hydrogens (primary N) is 1. The van der Waals surface area contributed by atoms with Crippen molar-refractivity contribution in [2.45, 2.75) is 19.4 Å². The molecule has 3 rings (SSSR count). The van der Waals surface area contributed by atoms with Gasteiger partial charge < -0.3 is 10.3 Å². The molecule has 0 aromatic carbocycles. The summed E-state index contributed by atoms with van der Waals surface area (Å²) >= 11 is 0. The first-order valence-electron chi connectivity index (χ1n) is 5.58. The molecule has 82 valence electrons. The highest BCUT2D eigenvalue weighted by Gasteiger charge is 2.18. The summed E-state index contributed by atoms with van der Waals surface area (Å²) in [4.78, 5) is 8.61. The zero-order chi connectivity index (χ0) is 11.0. The van der Waals surface area contributed by atoms with E-state index in [0.717, 1.165) is 25.2 Å². The van der Waals surface area contributed by atoms with Crippen LogP contribution in [0.4, 0.5) is 0 Å². The number of aromatic nitrogens is 3. The van der Waals surface area contributed by atoms with Crippen LogP contribution in [0.3, 0.4) is 0 Å². The fourth-order valence-corrected chi connectivity index (χ4v) is 2.32. The van der Waals surface area contributed by atoms with Crippen molar-refractivity contribution in [2.24, 2.45) is 5.73 Å². The van der Waals surface area contributed by atoms with E-state index in [-0.39, 0.29) is 0 Å². The van der Waals surface area contributed by atoms with E-state index in [1.54, 1.807) is 0 Å². The molecule has 0 saturated heterocycles. The minimum Gasteiger partial charge on any atom is -0.330 e. The van der Waals surface area contributed by atoms with Crippen molar-refractivity contribution >= 4 is 0 Å². The van der Waals surface area contributed by atoms with Gasteiger partial charge in [-0.1, -0.05) is 0 Å². The van der Waals surface area contributed by atoms with Gasteiger partial charge in [0, 0.05) is 30.9 Å². The van der Waals surface area contributed by atoms with E-state index < -0.39 is 0 Å². The highest BCUT2D eigenvalue weighted by Crippen LogP contribution is 2.29. The van der Waals surface area contributed by atoms with E-state index in [0.29, 0.717) is 6.54 Å². The molecular formula is C12H14N4. The van der Waals surface area contributed by atoms with Gasteiger partial charge in [-0.3, -0.25) is 4.98 Å². The van der Waals surface area contributed by atoms with Crippen LogP contribution in [0.2, 0.25) is 0 Å². The predicted molar refractivity (Wildman–Crippen MR) is 61.9 cm³/mol. The smallest absolute Gasteiger partial charge is 0.110 e. The lowest BCUT2D eigenvalue weighted by molar-refractivity contribution is 0.639. The van der Waals surface area contributed by atoms with Crippen molar-refractivity contribution in [2.75, 3.05) is 6.54 Å². The number of pyridine rings is 1. The maximum absolute atomic E-state index is 5.58. The van der Waals surface area contributed by atoms with Crippen LogP contribution in [0.5, 0.6) is 0 Å². The number of imidazole rings is 1. The van der Waals surface area contributed by atoms with Crippen LogP contribution in [0, 0.1) is 0 Å². The van der Waals surface area contributed by atoms with Gasteiger partial charge in [0.2, 0.25) is 0 Å². The molecule has 2 aromatic rings. The van der Waals surface area contributed by atoms with Gasteiger partial charge in [-0.05, 0) is 24.6 Å². The Kier molecular flexibility index (Phi) is 2.22. The topological polar surface area (TPSA) is 56.7 Å². The number of fused-ring (bicyclic) bond motifs is 3. The van der Waals surface area contributed by atoms with Gasteiger partial charge in [-0.25, -0.2) is 4.98 Å². The Labute approximate surface area is 94.1 Å². The van der Waals surface area contributed by atoms with Crippen LogP contribution in [0.1, 0.15) is 11.4 Å². The summed E-state index contributed by atoms with van der Waals surface area (Å²) in [5.74, 6) is 1.10. The first-order valence-corrected chi connectivity index (χ1v) is 5.58. The Morgan fingerprint density at radius 2 is 2.31 bits per heavy atom. The van der Waals surface area contributed by atoms with Gasteiger partial charge in [0.1, 0.15) is 5.82 Å². The van der Waals surface area contributed by atoms with Crippen molar-refractivity contribution in [1.82, 2.24) is 14.5 Å². The van der Waals surface area contributed by atoms with Crippen molar-refractivity contribution in [3.05, 3.63) is 36.0 Å². The molecule has 1 aliphatic rings. The molecule has 3 heterocycles. The number of hydrogen-bond acceptors (Lipinski definition) is 3. The monoisotopic (exact) mass is 214 g/mol. The second-order valence-corrected chi connectivity index (χ2v) is 4.03. The molecule has 0 saturated carbocycles. The fraction of sp³-hybridized carbons (Fsp3) is 0.333. The maximum atomic E-state index is 5.58. The Balaban J connectivity index is 2.12. The van der Waals surface area contributed by atoms with Gasteiger partial charge in [-0.2, -0.15) is 0 Å². The third-order valence-electron chi connectivity index (χ3n) is 3.09. The quantitative estimate of drug-likeness (QED) is 0.811. The molecule has 16 heavy (non-hydrogen) atoms. The van der Waals surface area contributed by atoms with Crippen LogP contribution in [-0.4, -0.2) is 21.1 Å². The lowest BCUT2D eigenvalue weighted by atomic mass is 10.0. The molecule has 4 heteroatoms. The van der Waals surface area contributed by atoms with Gasteiger partial charge in [0.15, 0.2) is 0 Å². The molecule has 2 aromatic heterocycles. The third kappa shape index (κ3) is 1.34. The van der Waals surface area contributed by atoms with Gasteiger partial charge in [0.25, 0.3) is 0 Å². The SMILES string of the molecule is NCCc1ncc2n1CCc1cnccc1-2. The Morgan fingerprint density at radius 1 is 1.38 bits per heavy atom. The molecule has 0 atom stereocenters. The average molecular weight is 214 g/mol. The minimum atomic E-state index is 0.652. The lowest BCUT2D eigenvalue weighted by Gasteiger charge is -2.19. The largest absolute Gasteiger partial charge is 0.330 e. The van der Waals surface area contributed by atoms with Gasteiger partial charge in [0.05, 0.1) is 11.9 Å². The summed E-state index contributed by atoms with van der Waals surface area (Å²) in [6, 6.07) is 2.06. The molecule has 0 radical (unpaired) electrons. The van der Waals surface area contributed by atoms with Crippen molar-refractivity contribution in [3.63, 3.8) is 0 Å². The Bertz CT molecular complexity index is 515. The molecular weight excluding hydrogens is 200 g/mol. The Morgan fingerprint density at radius 3 is 3.19 bits per heavy atom. The molecule has 0 bridgehead atoms. The van der Waals surface area contributed by atoms with Crippen LogP contribution in [-0.2, 0) is 19.4 Å². The molecule has 0 fully saturated rings. The first kappa shape index (κ1) is 9.54. The van der Waals surface area contributed by atoms with Crippen LogP contribution in [0.15, 0.2) is 24.7 Å². The summed E-state index contributed by atoms with van der Waals surface area (Å²) in [5, 5.41) is 0. The average Bonchev–Trinajstić information content (AvgIpc) is 2.73. The van der Waals surface area contributed by atoms with E-state index in [9.17, 15) is 0 Å². The van der Waals surface area contributed by atoms with Crippen LogP contribution < -0.4 is 5.73 Å². The minimum absolute atomic E-state index is 0.652. The van der Waals surface area contributed by atoms with Crippen molar-refractivity contribution in [3.8, 4) is 11.3 Å². The summed E-state index contributed by atoms with van der Waals surface area (Å²) < 4.78 is 2.27. The molecule has 0 spiro atoms. The number of aryl methyl sites for hydroxylation is 1. The van der Waals surface area contributed by atoms with E-state index in [1.165, 1.54) is 16.8 Å². The molecule has 1 aliphatic heterocycles. The molecule has 0 aliphatic carbocycles. The van der Waals surface area contributed by atoms with E-state index in [4.69, 9.17) is 5.73 Å². The lowest BCUT2D eigenvalue weighted by Crippen LogP contribution is -2.15. The molecule has 0 unspecified atom stereocenters. The zero-order valence-corrected chi connectivity index (χ0v) is 9.06. The molecule has 4 nitrogen and oxygen atoms in total. The van der Waals surface area contributed by atoms with Crippen molar-refractivity contribution < 1.29 is 0 Å². The van der Waals surface area contributed by atoms with E-state index in [2.05, 4.69) is 20.6 Å². The highest BCUT2D eigenvalue weighted by atomic mass is 15.1. The van der Waals surface area contributed by atoms with Gasteiger partial charge in [-0.15, -0.1) is 0 Å². The first-order chi connectivity index (χ1) is 7.90. The van der Waals surface area contributed by atoms with E-state index in [1.807, 2.05) is 18.6 Å². The summed E-state index contributed by atoms with van der Waals surface area (Å²) in [7, 11) is 0.